The van der Waals surface area contributed by atoms with Crippen molar-refractivity contribution in [3.63, 3.8) is 0 Å². The summed E-state index contributed by atoms with van der Waals surface area (Å²) in [5, 5.41) is 0.962. The lowest BCUT2D eigenvalue weighted by atomic mass is 10.2. The van der Waals surface area contributed by atoms with Crippen LogP contribution in [0.4, 0.5) is 5.82 Å². The van der Waals surface area contributed by atoms with Gasteiger partial charge in [-0.3, -0.25) is 0 Å². The van der Waals surface area contributed by atoms with E-state index >= 15 is 0 Å². The van der Waals surface area contributed by atoms with Gasteiger partial charge in [-0.2, -0.15) is 0 Å². The third-order valence-corrected chi connectivity index (χ3v) is 3.20. The number of benzene rings is 1. The molecule has 4 nitrogen and oxygen atoms in total. The number of aromatic nitrogens is 1. The number of anilines is 1. The zero-order valence-electron chi connectivity index (χ0n) is 8.93. The van der Waals surface area contributed by atoms with Gasteiger partial charge in [0.05, 0.1) is 21.3 Å². The van der Waals surface area contributed by atoms with Gasteiger partial charge >= 0.3 is 0 Å². The Morgan fingerprint density at radius 3 is 2.94 bits per heavy atom. The van der Waals surface area contributed by atoms with Gasteiger partial charge in [0, 0.05) is 26.6 Å². The van der Waals surface area contributed by atoms with Crippen LogP contribution in [-0.4, -0.2) is 18.2 Å². The van der Waals surface area contributed by atoms with Gasteiger partial charge in [-0.25, -0.2) is 4.98 Å². The quantitative estimate of drug-likeness (QED) is 0.503. The molecule has 0 saturated heterocycles. The second-order valence-electron chi connectivity index (χ2n) is 3.29. The van der Waals surface area contributed by atoms with Crippen LogP contribution >= 0.6 is 30.4 Å². The molecule has 0 aliphatic carbocycles. The second-order valence-corrected chi connectivity index (χ2v) is 4.73. The Balaban J connectivity index is 2.16. The summed E-state index contributed by atoms with van der Waals surface area (Å²) in [4.78, 5) is 4.24. The lowest BCUT2D eigenvalue weighted by Crippen LogP contribution is -2.03. The zero-order chi connectivity index (χ0) is 12.1. The van der Waals surface area contributed by atoms with E-state index in [1.807, 2.05) is 24.3 Å². The predicted octanol–water partition coefficient (Wildman–Crippen LogP) is 3.21. The summed E-state index contributed by atoms with van der Waals surface area (Å²) in [7, 11) is 1.30. The van der Waals surface area contributed by atoms with Gasteiger partial charge < -0.3 is 14.7 Å². The van der Waals surface area contributed by atoms with E-state index in [1.165, 1.54) is 9.21 Å². The summed E-state index contributed by atoms with van der Waals surface area (Å²) in [6, 6.07) is 9.42. The van der Waals surface area contributed by atoms with E-state index in [4.69, 9.17) is 14.7 Å². The lowest BCUT2D eigenvalue weighted by Gasteiger charge is -2.08. The van der Waals surface area contributed by atoms with Crippen LogP contribution in [0.1, 0.15) is 0 Å². The molecule has 0 fully saturated rings. The van der Waals surface area contributed by atoms with Crippen molar-refractivity contribution in [2.45, 2.75) is 0 Å². The summed E-state index contributed by atoms with van der Waals surface area (Å²) < 4.78 is 10.8. The number of ether oxygens (including phenoxy) is 1. The molecule has 0 amide bonds. The van der Waals surface area contributed by atoms with Crippen molar-refractivity contribution >= 4 is 47.1 Å². The van der Waals surface area contributed by atoms with Gasteiger partial charge in [-0.05, 0) is 24.3 Å². The molecule has 1 aromatic heterocycles. The van der Waals surface area contributed by atoms with Crippen LogP contribution in [-0.2, 0) is 4.18 Å². The van der Waals surface area contributed by atoms with E-state index in [-0.39, 0.29) is 0 Å². The molecule has 90 valence electrons. The fraction of sp³-hybridized carbons (Fsp3) is 0.182. The Morgan fingerprint density at radius 2 is 2.12 bits per heavy atom. The molecule has 2 aromatic rings. The highest BCUT2D eigenvalue weighted by molar-refractivity contribution is 14.2. The standard InChI is InChI=1S/C11H11IN2O2S/c12-17-16-7-6-15-10-3-1-2-9-8(10)4-5-11(13)14-9/h1-5H,6-7H2,(H2,13,14). The molecule has 1 aromatic carbocycles. The summed E-state index contributed by atoms with van der Waals surface area (Å²) >= 11 is 2.07. The Hall–Kier alpha value is -0.730. The summed E-state index contributed by atoms with van der Waals surface area (Å²) in [6.45, 7) is 1.06. The summed E-state index contributed by atoms with van der Waals surface area (Å²) in [6.07, 6.45) is 0. The third-order valence-electron chi connectivity index (χ3n) is 2.18. The van der Waals surface area contributed by atoms with Crippen LogP contribution in [0.2, 0.25) is 0 Å². The maximum Gasteiger partial charge on any atom is 0.128 e. The number of rotatable bonds is 5. The van der Waals surface area contributed by atoms with Crippen LogP contribution in [0.15, 0.2) is 30.3 Å². The number of pyridine rings is 1. The SMILES string of the molecule is Nc1ccc2c(OCCOSI)cccc2n1. The number of fused-ring (bicyclic) bond motifs is 1. The number of hydrogen-bond donors (Lipinski definition) is 1. The Bertz CT molecular complexity index is 510. The number of nitrogens with two attached hydrogens (primary N) is 1. The van der Waals surface area contributed by atoms with E-state index in [9.17, 15) is 0 Å². The average molecular weight is 362 g/mol. The first kappa shape index (κ1) is 12.7. The smallest absolute Gasteiger partial charge is 0.128 e. The number of nitrogens with zero attached hydrogens (tertiary/aromatic N) is 1. The molecular weight excluding hydrogens is 351 g/mol. The van der Waals surface area contributed by atoms with Crippen LogP contribution in [0, 0.1) is 0 Å². The average Bonchev–Trinajstić information content (AvgIpc) is 2.34. The van der Waals surface area contributed by atoms with Crippen molar-refractivity contribution < 1.29 is 8.92 Å². The van der Waals surface area contributed by atoms with E-state index in [2.05, 4.69) is 26.2 Å². The van der Waals surface area contributed by atoms with Crippen molar-refractivity contribution in [3.05, 3.63) is 30.3 Å². The highest BCUT2D eigenvalue weighted by atomic mass is 127. The third kappa shape index (κ3) is 3.36. The van der Waals surface area contributed by atoms with Crippen molar-refractivity contribution in [2.24, 2.45) is 0 Å². The molecule has 2 rings (SSSR count). The monoisotopic (exact) mass is 362 g/mol. The van der Waals surface area contributed by atoms with Crippen LogP contribution in [0.3, 0.4) is 0 Å². The van der Waals surface area contributed by atoms with Gasteiger partial charge in [0.25, 0.3) is 0 Å². The van der Waals surface area contributed by atoms with Gasteiger partial charge in [0.2, 0.25) is 0 Å². The normalized spacial score (nSPS) is 10.6. The van der Waals surface area contributed by atoms with Crippen LogP contribution in [0.25, 0.3) is 10.9 Å². The van der Waals surface area contributed by atoms with Gasteiger partial charge in [0.1, 0.15) is 18.2 Å². The number of halogens is 1. The molecule has 6 heteroatoms. The van der Waals surface area contributed by atoms with Gasteiger partial charge in [-0.15, -0.1) is 0 Å². The zero-order valence-corrected chi connectivity index (χ0v) is 11.9. The largest absolute Gasteiger partial charge is 0.490 e. The second kappa shape index (κ2) is 6.27. The molecule has 0 aliphatic heterocycles. The highest BCUT2D eigenvalue weighted by Gasteiger charge is 2.03. The maximum atomic E-state index is 5.64. The van der Waals surface area contributed by atoms with Crippen molar-refractivity contribution in [2.75, 3.05) is 18.9 Å². The molecule has 17 heavy (non-hydrogen) atoms. The Kier molecular flexibility index (Phi) is 4.69. The first-order chi connectivity index (χ1) is 8.31. The Morgan fingerprint density at radius 1 is 1.24 bits per heavy atom. The van der Waals surface area contributed by atoms with Crippen molar-refractivity contribution in [3.8, 4) is 5.75 Å². The Labute approximate surface area is 116 Å². The first-order valence-electron chi connectivity index (χ1n) is 4.99. The molecule has 0 unspecified atom stereocenters. The predicted molar refractivity (Wildman–Crippen MR) is 79.2 cm³/mol. The van der Waals surface area contributed by atoms with E-state index < -0.39 is 0 Å². The topological polar surface area (TPSA) is 57.4 Å². The first-order valence-corrected chi connectivity index (χ1v) is 8.28. The molecule has 0 spiro atoms. The maximum absolute atomic E-state index is 5.64. The molecule has 0 radical (unpaired) electrons. The minimum atomic E-state index is 0.513. The number of nitrogen functional groups attached to an aromatic ring is 1. The molecule has 1 heterocycles. The molecule has 2 N–H and O–H groups in total. The molecule has 0 saturated carbocycles. The van der Waals surface area contributed by atoms with E-state index in [0.29, 0.717) is 19.0 Å². The minimum Gasteiger partial charge on any atom is -0.490 e. The van der Waals surface area contributed by atoms with Crippen LogP contribution in [0.5, 0.6) is 5.75 Å². The fourth-order valence-electron chi connectivity index (χ4n) is 1.49. The summed E-state index contributed by atoms with van der Waals surface area (Å²) in [5.74, 6) is 1.32. The highest BCUT2D eigenvalue weighted by Crippen LogP contribution is 2.25. The number of hydrogen-bond acceptors (Lipinski definition) is 5. The van der Waals surface area contributed by atoms with E-state index in [1.54, 1.807) is 6.07 Å². The molecule has 0 bridgehead atoms. The molecule has 0 atom stereocenters. The van der Waals surface area contributed by atoms with Crippen LogP contribution < -0.4 is 10.5 Å². The van der Waals surface area contributed by atoms with Gasteiger partial charge in [0.15, 0.2) is 0 Å². The van der Waals surface area contributed by atoms with Gasteiger partial charge in [-0.1, -0.05) is 6.07 Å². The lowest BCUT2D eigenvalue weighted by molar-refractivity contribution is 0.243. The molecule has 0 aliphatic rings. The fourth-order valence-corrected chi connectivity index (χ4v) is 2.16. The van der Waals surface area contributed by atoms with Crippen molar-refractivity contribution in [1.82, 2.24) is 4.98 Å². The minimum absolute atomic E-state index is 0.513. The molecular formula is C11H11IN2O2S. The van der Waals surface area contributed by atoms with Crippen molar-refractivity contribution in [1.29, 1.82) is 0 Å². The van der Waals surface area contributed by atoms with E-state index in [0.717, 1.165) is 16.7 Å². The summed E-state index contributed by atoms with van der Waals surface area (Å²) in [5.41, 5.74) is 6.48.